The molecule has 1 aromatic heterocycles. The zero-order valence-corrected chi connectivity index (χ0v) is 10.5. The Balaban J connectivity index is 2.46. The molecule has 1 atom stereocenters. The lowest BCUT2D eigenvalue weighted by Gasteiger charge is -2.03. The van der Waals surface area contributed by atoms with E-state index in [1.807, 2.05) is 6.92 Å². The predicted octanol–water partition coefficient (Wildman–Crippen LogP) is 4.41. The Bertz CT molecular complexity index is 528. The summed E-state index contributed by atoms with van der Waals surface area (Å²) in [7, 11) is 0. The lowest BCUT2D eigenvalue weighted by atomic mass is 10.2. The molecule has 17 heavy (non-hydrogen) atoms. The molecule has 0 aliphatic rings. The number of hydrogen-bond acceptors (Lipinski definition) is 2. The van der Waals surface area contributed by atoms with Crippen LogP contribution < -0.4 is 5.73 Å². The molecule has 90 valence electrons. The fourth-order valence-electron chi connectivity index (χ4n) is 1.45. The summed E-state index contributed by atoms with van der Waals surface area (Å²) in [6.45, 7) is 1.81. The monoisotopic (exact) mass is 273 g/mol. The number of halogens is 3. The predicted molar refractivity (Wildman–Crippen MR) is 66.7 cm³/mol. The highest BCUT2D eigenvalue weighted by Gasteiger charge is 2.12. The minimum Gasteiger partial charge on any atom is -0.459 e. The molecule has 0 radical (unpaired) electrons. The Kier molecular flexibility index (Phi) is 3.43. The van der Waals surface area contributed by atoms with Crippen molar-refractivity contribution >= 4 is 23.2 Å². The average molecular weight is 274 g/mol. The van der Waals surface area contributed by atoms with E-state index < -0.39 is 5.82 Å². The quantitative estimate of drug-likeness (QED) is 0.824. The normalized spacial score (nSPS) is 12.8. The molecule has 2 N–H and O–H groups in total. The SMILES string of the molecule is CC(N)c1ccc(-c2cc(Cl)c(F)c(Cl)c2)o1. The topological polar surface area (TPSA) is 39.2 Å². The summed E-state index contributed by atoms with van der Waals surface area (Å²) in [6.07, 6.45) is 0. The number of benzene rings is 1. The van der Waals surface area contributed by atoms with Crippen molar-refractivity contribution in [3.8, 4) is 11.3 Å². The van der Waals surface area contributed by atoms with E-state index in [2.05, 4.69) is 0 Å². The van der Waals surface area contributed by atoms with Crippen LogP contribution in [0.2, 0.25) is 10.0 Å². The molecule has 1 heterocycles. The van der Waals surface area contributed by atoms with Gasteiger partial charge in [0.05, 0.1) is 16.1 Å². The maximum absolute atomic E-state index is 13.2. The van der Waals surface area contributed by atoms with Gasteiger partial charge >= 0.3 is 0 Å². The van der Waals surface area contributed by atoms with Crippen molar-refractivity contribution in [1.29, 1.82) is 0 Å². The fraction of sp³-hybridized carbons (Fsp3) is 0.167. The van der Waals surface area contributed by atoms with Crippen molar-refractivity contribution in [2.45, 2.75) is 13.0 Å². The van der Waals surface area contributed by atoms with Crippen LogP contribution >= 0.6 is 23.2 Å². The summed E-state index contributed by atoms with van der Waals surface area (Å²) in [4.78, 5) is 0. The molecule has 0 saturated carbocycles. The van der Waals surface area contributed by atoms with Gasteiger partial charge in [-0.25, -0.2) is 4.39 Å². The van der Waals surface area contributed by atoms with Gasteiger partial charge in [0, 0.05) is 5.56 Å². The highest BCUT2D eigenvalue weighted by molar-refractivity contribution is 6.35. The third-order valence-electron chi connectivity index (χ3n) is 2.34. The maximum atomic E-state index is 13.2. The van der Waals surface area contributed by atoms with E-state index >= 15 is 0 Å². The molecule has 0 saturated heterocycles. The van der Waals surface area contributed by atoms with E-state index in [1.165, 1.54) is 12.1 Å². The van der Waals surface area contributed by atoms with Crippen molar-refractivity contribution < 1.29 is 8.81 Å². The van der Waals surface area contributed by atoms with Gasteiger partial charge in [0.25, 0.3) is 0 Å². The molecule has 0 aliphatic carbocycles. The summed E-state index contributed by atoms with van der Waals surface area (Å²) >= 11 is 11.4. The van der Waals surface area contributed by atoms with Gasteiger partial charge in [-0.1, -0.05) is 23.2 Å². The van der Waals surface area contributed by atoms with Crippen LogP contribution in [0.25, 0.3) is 11.3 Å². The molecular formula is C12H10Cl2FNO. The van der Waals surface area contributed by atoms with E-state index in [4.69, 9.17) is 33.4 Å². The van der Waals surface area contributed by atoms with Gasteiger partial charge in [-0.05, 0) is 31.2 Å². The van der Waals surface area contributed by atoms with Crippen molar-refractivity contribution in [2.75, 3.05) is 0 Å². The van der Waals surface area contributed by atoms with E-state index in [0.717, 1.165) is 0 Å². The third-order valence-corrected chi connectivity index (χ3v) is 2.89. The lowest BCUT2D eigenvalue weighted by molar-refractivity contribution is 0.491. The van der Waals surface area contributed by atoms with Crippen LogP contribution in [0.15, 0.2) is 28.7 Å². The summed E-state index contributed by atoms with van der Waals surface area (Å²) in [5.74, 6) is 0.578. The van der Waals surface area contributed by atoms with Crippen LogP contribution in [0.4, 0.5) is 4.39 Å². The Hall–Kier alpha value is -1.03. The second kappa shape index (κ2) is 4.69. The molecule has 0 aliphatic heterocycles. The summed E-state index contributed by atoms with van der Waals surface area (Å²) in [6, 6.07) is 6.25. The van der Waals surface area contributed by atoms with Gasteiger partial charge in [0.2, 0.25) is 0 Å². The molecule has 0 fully saturated rings. The van der Waals surface area contributed by atoms with Gasteiger partial charge in [0.15, 0.2) is 5.82 Å². The summed E-state index contributed by atoms with van der Waals surface area (Å²) < 4.78 is 18.8. The molecule has 2 rings (SSSR count). The van der Waals surface area contributed by atoms with Crippen molar-refractivity contribution in [2.24, 2.45) is 5.73 Å². The third kappa shape index (κ3) is 2.46. The molecule has 2 nitrogen and oxygen atoms in total. The number of hydrogen-bond donors (Lipinski definition) is 1. The number of furan rings is 1. The zero-order valence-electron chi connectivity index (χ0n) is 9.01. The molecular weight excluding hydrogens is 264 g/mol. The second-order valence-electron chi connectivity index (χ2n) is 3.74. The Morgan fingerprint density at radius 2 is 1.82 bits per heavy atom. The summed E-state index contributed by atoms with van der Waals surface area (Å²) in [5.41, 5.74) is 6.30. The Labute approximate surface area is 108 Å². The number of rotatable bonds is 2. The second-order valence-corrected chi connectivity index (χ2v) is 4.56. The minimum atomic E-state index is -0.629. The molecule has 2 aromatic rings. The lowest BCUT2D eigenvalue weighted by Crippen LogP contribution is -2.02. The van der Waals surface area contributed by atoms with E-state index in [1.54, 1.807) is 12.1 Å². The van der Waals surface area contributed by atoms with Crippen LogP contribution in [-0.2, 0) is 0 Å². The van der Waals surface area contributed by atoms with Crippen molar-refractivity contribution in [3.05, 3.63) is 45.9 Å². The first-order valence-electron chi connectivity index (χ1n) is 4.99. The first-order valence-corrected chi connectivity index (χ1v) is 5.75. The van der Waals surface area contributed by atoms with Crippen LogP contribution in [0.5, 0.6) is 0 Å². The van der Waals surface area contributed by atoms with E-state index in [9.17, 15) is 4.39 Å². The Morgan fingerprint density at radius 1 is 1.24 bits per heavy atom. The van der Waals surface area contributed by atoms with Crippen molar-refractivity contribution in [1.82, 2.24) is 0 Å². The molecule has 0 bridgehead atoms. The van der Waals surface area contributed by atoms with Crippen LogP contribution in [0, 0.1) is 5.82 Å². The highest BCUT2D eigenvalue weighted by Crippen LogP contribution is 2.32. The van der Waals surface area contributed by atoms with Gasteiger partial charge < -0.3 is 10.2 Å². The molecule has 5 heteroatoms. The first kappa shape index (κ1) is 12.4. The first-order chi connectivity index (χ1) is 7.99. The van der Waals surface area contributed by atoms with Crippen LogP contribution in [-0.4, -0.2) is 0 Å². The fourth-order valence-corrected chi connectivity index (χ4v) is 1.94. The average Bonchev–Trinajstić information content (AvgIpc) is 2.74. The summed E-state index contributed by atoms with van der Waals surface area (Å²) in [5, 5.41) is -0.0718. The van der Waals surface area contributed by atoms with Gasteiger partial charge in [-0.2, -0.15) is 0 Å². The van der Waals surface area contributed by atoms with Crippen molar-refractivity contribution in [3.63, 3.8) is 0 Å². The molecule has 1 unspecified atom stereocenters. The molecule has 0 spiro atoms. The van der Waals surface area contributed by atoms with Gasteiger partial charge in [-0.3, -0.25) is 0 Å². The van der Waals surface area contributed by atoms with Crippen LogP contribution in [0.3, 0.4) is 0 Å². The van der Waals surface area contributed by atoms with Gasteiger partial charge in [0.1, 0.15) is 11.5 Å². The van der Waals surface area contributed by atoms with Crippen LogP contribution in [0.1, 0.15) is 18.7 Å². The maximum Gasteiger partial charge on any atom is 0.160 e. The largest absolute Gasteiger partial charge is 0.459 e. The number of nitrogens with two attached hydrogens (primary N) is 1. The highest BCUT2D eigenvalue weighted by atomic mass is 35.5. The van der Waals surface area contributed by atoms with Gasteiger partial charge in [-0.15, -0.1) is 0 Å². The minimum absolute atomic E-state index is 0.0359. The molecule has 0 amide bonds. The van der Waals surface area contributed by atoms with E-state index in [0.29, 0.717) is 17.1 Å². The standard InChI is InChI=1S/C12H10Cl2FNO/c1-6(16)10-2-3-11(17-10)7-4-8(13)12(15)9(14)5-7/h2-6H,16H2,1H3. The smallest absolute Gasteiger partial charge is 0.160 e. The Morgan fingerprint density at radius 3 is 2.29 bits per heavy atom. The zero-order chi connectivity index (χ0) is 12.6. The van der Waals surface area contributed by atoms with E-state index in [-0.39, 0.29) is 16.1 Å². The molecule has 1 aromatic carbocycles.